The Hall–Kier alpha value is -8.41. The highest BCUT2D eigenvalue weighted by Gasteiger charge is 2.24. The number of para-hydroxylation sites is 2. The van der Waals surface area contributed by atoms with Crippen molar-refractivity contribution in [1.82, 2.24) is 15.0 Å². The summed E-state index contributed by atoms with van der Waals surface area (Å²) in [5.41, 5.74) is 14.4. The molecular weight excluding hydrogens is 759 g/mol. The van der Waals surface area contributed by atoms with Crippen LogP contribution in [0.25, 0.3) is 123 Å². The normalized spacial score (nSPS) is 11.5. The molecule has 0 fully saturated rings. The molecule has 0 N–H and O–H groups in total. The van der Waals surface area contributed by atoms with Gasteiger partial charge in [-0.3, -0.25) is 0 Å². The molecule has 0 saturated carbocycles. The van der Waals surface area contributed by atoms with Crippen LogP contribution in [-0.2, 0) is 0 Å². The molecule has 0 atom stereocenters. The molecule has 0 aliphatic heterocycles. The van der Waals surface area contributed by atoms with Crippen LogP contribution < -0.4 is 0 Å². The molecule has 0 aliphatic carbocycles. The largest absolute Gasteiger partial charge is 0.455 e. The molecule has 290 valence electrons. The molecule has 5 heteroatoms. The third-order valence-electron chi connectivity index (χ3n) is 11.8. The molecular formula is C57H35N3O2. The molecule has 0 radical (unpaired) electrons. The first-order valence-corrected chi connectivity index (χ1v) is 20.8. The summed E-state index contributed by atoms with van der Waals surface area (Å²) in [7, 11) is 0. The summed E-state index contributed by atoms with van der Waals surface area (Å²) in [6, 6.07) is 73.2. The van der Waals surface area contributed by atoms with Crippen LogP contribution in [0.4, 0.5) is 0 Å². The Bertz CT molecular complexity index is 3380. The van der Waals surface area contributed by atoms with Gasteiger partial charge in [0.1, 0.15) is 22.3 Å². The third-order valence-corrected chi connectivity index (χ3v) is 11.8. The van der Waals surface area contributed by atoms with Gasteiger partial charge < -0.3 is 8.83 Å². The van der Waals surface area contributed by atoms with E-state index in [-0.39, 0.29) is 0 Å². The molecule has 9 aromatic carbocycles. The van der Waals surface area contributed by atoms with E-state index in [1.54, 1.807) is 0 Å². The lowest BCUT2D eigenvalue weighted by Crippen LogP contribution is -2.00. The maximum Gasteiger partial charge on any atom is 0.167 e. The summed E-state index contributed by atoms with van der Waals surface area (Å²) in [4.78, 5) is 15.6. The zero-order chi connectivity index (χ0) is 41.0. The number of hydrogen-bond donors (Lipinski definition) is 0. The Morgan fingerprint density at radius 1 is 0.258 bits per heavy atom. The van der Waals surface area contributed by atoms with Gasteiger partial charge in [0, 0.05) is 38.2 Å². The van der Waals surface area contributed by atoms with Crippen LogP contribution in [0.5, 0.6) is 0 Å². The van der Waals surface area contributed by atoms with Gasteiger partial charge in [-0.15, -0.1) is 0 Å². The van der Waals surface area contributed by atoms with Gasteiger partial charge in [-0.1, -0.05) is 188 Å². The van der Waals surface area contributed by atoms with Crippen molar-refractivity contribution in [3.8, 4) is 78.7 Å². The molecule has 12 rings (SSSR count). The van der Waals surface area contributed by atoms with Crippen LogP contribution in [0.15, 0.2) is 221 Å². The molecule has 12 aromatic rings. The van der Waals surface area contributed by atoms with Crippen molar-refractivity contribution in [3.05, 3.63) is 212 Å². The maximum atomic E-state index is 6.88. The average Bonchev–Trinajstić information content (AvgIpc) is 3.93. The number of hydrogen-bond acceptors (Lipinski definition) is 5. The Morgan fingerprint density at radius 3 is 1.02 bits per heavy atom. The summed E-state index contributed by atoms with van der Waals surface area (Å²) in [6.45, 7) is 0. The fourth-order valence-corrected chi connectivity index (χ4v) is 8.99. The maximum absolute atomic E-state index is 6.88. The second kappa shape index (κ2) is 14.7. The van der Waals surface area contributed by atoms with Crippen LogP contribution in [0.2, 0.25) is 0 Å². The van der Waals surface area contributed by atoms with Gasteiger partial charge in [-0.25, -0.2) is 15.0 Å². The number of benzene rings is 9. The predicted molar refractivity (Wildman–Crippen MR) is 252 cm³/mol. The van der Waals surface area contributed by atoms with Crippen molar-refractivity contribution in [2.24, 2.45) is 0 Å². The van der Waals surface area contributed by atoms with E-state index in [9.17, 15) is 0 Å². The lowest BCUT2D eigenvalue weighted by atomic mass is 9.90. The van der Waals surface area contributed by atoms with E-state index in [0.29, 0.717) is 28.6 Å². The number of aromatic nitrogens is 3. The van der Waals surface area contributed by atoms with Gasteiger partial charge in [0.25, 0.3) is 0 Å². The molecule has 0 unspecified atom stereocenters. The lowest BCUT2D eigenvalue weighted by Gasteiger charge is -2.12. The highest BCUT2D eigenvalue weighted by atomic mass is 16.3. The van der Waals surface area contributed by atoms with Crippen LogP contribution >= 0.6 is 0 Å². The minimum absolute atomic E-state index is 0.507. The fraction of sp³-hybridized carbons (Fsp3) is 0. The van der Waals surface area contributed by atoms with Crippen molar-refractivity contribution in [2.45, 2.75) is 0 Å². The molecule has 0 saturated heterocycles. The van der Waals surface area contributed by atoms with Crippen LogP contribution in [-0.4, -0.2) is 15.0 Å². The molecule has 3 aromatic heterocycles. The van der Waals surface area contributed by atoms with E-state index in [2.05, 4.69) is 170 Å². The van der Waals surface area contributed by atoms with E-state index >= 15 is 0 Å². The highest BCUT2D eigenvalue weighted by molar-refractivity contribution is 6.19. The van der Waals surface area contributed by atoms with E-state index < -0.39 is 0 Å². The number of fused-ring (bicyclic) bond motifs is 6. The summed E-state index contributed by atoms with van der Waals surface area (Å²) in [6.07, 6.45) is 0. The van der Waals surface area contributed by atoms with Crippen molar-refractivity contribution in [1.29, 1.82) is 0 Å². The molecule has 62 heavy (non-hydrogen) atoms. The predicted octanol–water partition coefficient (Wildman–Crippen LogP) is 15.3. The highest BCUT2D eigenvalue weighted by Crippen LogP contribution is 2.47. The average molecular weight is 794 g/mol. The number of furan rings is 2. The van der Waals surface area contributed by atoms with Gasteiger partial charge in [-0.05, 0) is 57.6 Å². The Balaban J connectivity index is 1.10. The molecule has 0 aliphatic rings. The second-order valence-corrected chi connectivity index (χ2v) is 15.4. The summed E-state index contributed by atoms with van der Waals surface area (Å²) < 4.78 is 13.8. The van der Waals surface area contributed by atoms with Crippen LogP contribution in [0, 0.1) is 0 Å². The van der Waals surface area contributed by atoms with Crippen molar-refractivity contribution >= 4 is 43.9 Å². The van der Waals surface area contributed by atoms with Crippen LogP contribution in [0.3, 0.4) is 0 Å². The first-order valence-electron chi connectivity index (χ1n) is 20.8. The van der Waals surface area contributed by atoms with Crippen molar-refractivity contribution in [2.75, 3.05) is 0 Å². The fourth-order valence-electron chi connectivity index (χ4n) is 8.99. The molecule has 3 heterocycles. The number of rotatable bonds is 7. The van der Waals surface area contributed by atoms with Crippen LogP contribution in [0.1, 0.15) is 0 Å². The standard InChI is InChI=1S/C57H35N3O2/c1-6-18-36(19-7-1)41-32-34-47-51(49(41)38-22-10-3-11-23-38)43-28-16-30-45(53(43)61-47)56-58-55(40-26-14-5-15-27-40)59-57(60-56)46-31-17-29-44-52-48(62-54(44)46)35-33-42(37-20-8-2-9-21-37)50(52)39-24-12-4-13-25-39/h1-35H. The molecule has 5 nitrogen and oxygen atoms in total. The Morgan fingerprint density at radius 2 is 0.613 bits per heavy atom. The van der Waals surface area contributed by atoms with Crippen molar-refractivity contribution < 1.29 is 8.83 Å². The smallest absolute Gasteiger partial charge is 0.167 e. The van der Waals surface area contributed by atoms with Crippen molar-refractivity contribution in [3.63, 3.8) is 0 Å². The molecule has 0 amide bonds. The lowest BCUT2D eigenvalue weighted by molar-refractivity contribution is 0.669. The monoisotopic (exact) mass is 793 g/mol. The van der Waals surface area contributed by atoms with E-state index in [4.69, 9.17) is 23.8 Å². The van der Waals surface area contributed by atoms with E-state index in [1.807, 2.05) is 42.5 Å². The van der Waals surface area contributed by atoms with E-state index in [0.717, 1.165) is 93.9 Å². The Kier molecular flexibility index (Phi) is 8.42. The van der Waals surface area contributed by atoms with Gasteiger partial charge in [0.05, 0.1) is 11.1 Å². The molecule has 0 bridgehead atoms. The first kappa shape index (κ1) is 35.5. The third kappa shape index (κ3) is 5.90. The summed E-state index contributed by atoms with van der Waals surface area (Å²) in [5.74, 6) is 1.57. The zero-order valence-electron chi connectivity index (χ0n) is 33.4. The SMILES string of the molecule is c1ccc(-c2nc(-c3cccc4c3oc3ccc(-c5ccccc5)c(-c5ccccc5)c34)nc(-c3cccc4c3oc3ccc(-c5ccccc5)c(-c5ccccc5)c34)n2)cc1. The van der Waals surface area contributed by atoms with Gasteiger partial charge in [0.15, 0.2) is 17.5 Å². The van der Waals surface area contributed by atoms with E-state index in [1.165, 1.54) is 0 Å². The second-order valence-electron chi connectivity index (χ2n) is 15.4. The first-order chi connectivity index (χ1) is 30.8. The topological polar surface area (TPSA) is 65.0 Å². The summed E-state index contributed by atoms with van der Waals surface area (Å²) in [5, 5.41) is 4.06. The summed E-state index contributed by atoms with van der Waals surface area (Å²) >= 11 is 0. The Labute approximate surface area is 357 Å². The van der Waals surface area contributed by atoms with Gasteiger partial charge in [0.2, 0.25) is 0 Å². The minimum Gasteiger partial charge on any atom is -0.455 e. The number of nitrogens with zero attached hydrogens (tertiary/aromatic N) is 3. The quantitative estimate of drug-likeness (QED) is 0.161. The molecule has 0 spiro atoms. The zero-order valence-corrected chi connectivity index (χ0v) is 33.4. The minimum atomic E-state index is 0.507. The van der Waals surface area contributed by atoms with Gasteiger partial charge in [-0.2, -0.15) is 0 Å². The van der Waals surface area contributed by atoms with Gasteiger partial charge >= 0.3 is 0 Å².